The average Bonchev–Trinajstić information content (AvgIpc) is 2.85. The van der Waals surface area contributed by atoms with Gasteiger partial charge in [-0.3, -0.25) is 14.5 Å². The molecule has 0 bridgehead atoms. The number of carbonyl (C=O) groups excluding carboxylic acids is 3. The molecule has 24 heavy (non-hydrogen) atoms. The van der Waals surface area contributed by atoms with E-state index in [1.54, 1.807) is 12.1 Å². The van der Waals surface area contributed by atoms with Crippen molar-refractivity contribution in [2.24, 2.45) is 11.8 Å². The second kappa shape index (κ2) is 6.89. The number of halogens is 1. The average molecular weight is 351 g/mol. The maximum Gasteiger partial charge on any atom is 0.329 e. The molecule has 128 valence electrons. The van der Waals surface area contributed by atoms with E-state index in [4.69, 9.17) is 16.3 Å². The molecule has 2 heterocycles. The zero-order valence-electron chi connectivity index (χ0n) is 13.4. The zero-order chi connectivity index (χ0) is 17.3. The number of hydrogen-bond donors (Lipinski definition) is 0. The van der Waals surface area contributed by atoms with Gasteiger partial charge >= 0.3 is 5.97 Å². The predicted molar refractivity (Wildman–Crippen MR) is 85.8 cm³/mol. The van der Waals surface area contributed by atoms with Gasteiger partial charge < -0.3 is 4.74 Å². The van der Waals surface area contributed by atoms with Crippen LogP contribution in [0.3, 0.4) is 0 Å². The lowest BCUT2D eigenvalue weighted by atomic mass is 9.81. The third-order valence-electron chi connectivity index (χ3n) is 4.77. The Balaban J connectivity index is 1.63. The van der Waals surface area contributed by atoms with Crippen molar-refractivity contribution >= 4 is 29.4 Å². The van der Waals surface area contributed by atoms with Gasteiger partial charge in [0.1, 0.15) is 17.8 Å². The number of nitrogens with zero attached hydrogens (tertiary/aromatic N) is 2. The van der Waals surface area contributed by atoms with E-state index in [-0.39, 0.29) is 30.3 Å². The summed E-state index contributed by atoms with van der Waals surface area (Å²) in [6.07, 6.45) is 4.88. The van der Waals surface area contributed by atoms with Crippen LogP contribution < -0.4 is 0 Å². The van der Waals surface area contributed by atoms with Crippen molar-refractivity contribution in [2.75, 3.05) is 0 Å². The van der Waals surface area contributed by atoms with E-state index in [0.29, 0.717) is 10.7 Å². The number of ether oxygens (including phenoxy) is 1. The number of hydrogen-bond acceptors (Lipinski definition) is 5. The number of esters is 1. The van der Waals surface area contributed by atoms with Crippen LogP contribution in [-0.4, -0.2) is 33.7 Å². The summed E-state index contributed by atoms with van der Waals surface area (Å²) in [7, 11) is 0. The molecule has 0 aromatic carbocycles. The fourth-order valence-corrected chi connectivity index (χ4v) is 3.55. The van der Waals surface area contributed by atoms with Crippen molar-refractivity contribution in [3.8, 4) is 0 Å². The summed E-state index contributed by atoms with van der Waals surface area (Å²) in [5.41, 5.74) is 0.688. The molecule has 6 nitrogen and oxygen atoms in total. The van der Waals surface area contributed by atoms with Gasteiger partial charge in [0.05, 0.1) is 11.8 Å². The summed E-state index contributed by atoms with van der Waals surface area (Å²) in [4.78, 5) is 42.2. The Kier molecular flexibility index (Phi) is 4.85. The van der Waals surface area contributed by atoms with Crippen LogP contribution in [-0.2, 0) is 25.7 Å². The lowest BCUT2D eigenvalue weighted by Crippen LogP contribution is -2.44. The highest BCUT2D eigenvalue weighted by Gasteiger charge is 2.51. The van der Waals surface area contributed by atoms with E-state index < -0.39 is 12.0 Å². The molecular weight excluding hydrogens is 332 g/mol. The molecule has 1 saturated heterocycles. The monoisotopic (exact) mass is 350 g/mol. The third kappa shape index (κ3) is 3.15. The normalized spacial score (nSPS) is 24.7. The standard InChI is InChI=1S/C17H19ClN2O4/c1-10(17(23)24-9-11-6-7-14(18)19-8-11)20-15(21)12-4-2-3-5-13(12)16(20)22/h6-8,10,12-13H,2-5,9H2,1H3/t10-,12?,13?/m0/s1. The summed E-state index contributed by atoms with van der Waals surface area (Å²) in [6, 6.07) is 2.40. The number of aromatic nitrogens is 1. The topological polar surface area (TPSA) is 76.6 Å². The first-order valence-corrected chi connectivity index (χ1v) is 8.51. The number of rotatable bonds is 4. The van der Waals surface area contributed by atoms with Crippen LogP contribution in [0.1, 0.15) is 38.2 Å². The molecule has 0 radical (unpaired) electrons. The molecule has 3 atom stereocenters. The minimum absolute atomic E-state index is 0.0242. The minimum atomic E-state index is -0.907. The molecule has 0 N–H and O–H groups in total. The molecule has 2 fully saturated rings. The van der Waals surface area contributed by atoms with Gasteiger partial charge in [-0.15, -0.1) is 0 Å². The highest BCUT2D eigenvalue weighted by molar-refractivity contribution is 6.29. The van der Waals surface area contributed by atoms with E-state index in [2.05, 4.69) is 4.98 Å². The first-order chi connectivity index (χ1) is 11.5. The highest BCUT2D eigenvalue weighted by atomic mass is 35.5. The predicted octanol–water partition coefficient (Wildman–Crippen LogP) is 2.34. The van der Waals surface area contributed by atoms with Crippen LogP contribution in [0.25, 0.3) is 0 Å². The lowest BCUT2D eigenvalue weighted by molar-refractivity contribution is -0.159. The molecule has 1 aliphatic heterocycles. The van der Waals surface area contributed by atoms with Crippen molar-refractivity contribution in [3.05, 3.63) is 29.0 Å². The van der Waals surface area contributed by atoms with Crippen molar-refractivity contribution in [3.63, 3.8) is 0 Å². The van der Waals surface area contributed by atoms with Gasteiger partial charge in [0.25, 0.3) is 0 Å². The summed E-state index contributed by atoms with van der Waals surface area (Å²) in [5, 5.41) is 0.356. The van der Waals surface area contributed by atoms with E-state index >= 15 is 0 Å². The Hall–Kier alpha value is -1.95. The maximum absolute atomic E-state index is 12.5. The Morgan fingerprint density at radius 3 is 2.46 bits per heavy atom. The second-order valence-electron chi connectivity index (χ2n) is 6.32. The molecule has 1 aromatic heterocycles. The quantitative estimate of drug-likeness (QED) is 0.473. The summed E-state index contributed by atoms with van der Waals surface area (Å²) < 4.78 is 5.22. The van der Waals surface area contributed by atoms with Gasteiger partial charge in [0, 0.05) is 11.8 Å². The van der Waals surface area contributed by atoms with Crippen molar-refractivity contribution < 1.29 is 19.1 Å². The zero-order valence-corrected chi connectivity index (χ0v) is 14.2. The van der Waals surface area contributed by atoms with Crippen LogP contribution >= 0.6 is 11.6 Å². The van der Waals surface area contributed by atoms with Crippen molar-refractivity contribution in [1.29, 1.82) is 0 Å². The van der Waals surface area contributed by atoms with Gasteiger partial charge in [0.2, 0.25) is 11.8 Å². The van der Waals surface area contributed by atoms with Crippen molar-refractivity contribution in [2.45, 2.75) is 45.3 Å². The van der Waals surface area contributed by atoms with Crippen LogP contribution in [0.4, 0.5) is 0 Å². The number of carbonyl (C=O) groups is 3. The largest absolute Gasteiger partial charge is 0.459 e. The first-order valence-electron chi connectivity index (χ1n) is 8.13. The minimum Gasteiger partial charge on any atom is -0.459 e. The van der Waals surface area contributed by atoms with Gasteiger partial charge in [-0.1, -0.05) is 30.5 Å². The van der Waals surface area contributed by atoms with E-state index in [9.17, 15) is 14.4 Å². The smallest absolute Gasteiger partial charge is 0.329 e. The fraction of sp³-hybridized carbons (Fsp3) is 0.529. The van der Waals surface area contributed by atoms with Crippen LogP contribution in [0.5, 0.6) is 0 Å². The molecule has 2 amide bonds. The number of pyridine rings is 1. The van der Waals surface area contributed by atoms with Gasteiger partial charge in [-0.2, -0.15) is 0 Å². The third-order valence-corrected chi connectivity index (χ3v) is 5.00. The fourth-order valence-electron chi connectivity index (χ4n) is 3.44. The number of likely N-dealkylation sites (tertiary alicyclic amines) is 1. The molecule has 0 spiro atoms. The summed E-state index contributed by atoms with van der Waals surface area (Å²) >= 11 is 5.70. The molecule has 2 unspecified atom stereocenters. The molecule has 1 saturated carbocycles. The Labute approximate surface area is 145 Å². The van der Waals surface area contributed by atoms with Crippen LogP contribution in [0, 0.1) is 11.8 Å². The van der Waals surface area contributed by atoms with Crippen LogP contribution in [0.15, 0.2) is 18.3 Å². The molecule has 3 rings (SSSR count). The number of imide groups is 1. The Morgan fingerprint density at radius 2 is 1.92 bits per heavy atom. The second-order valence-corrected chi connectivity index (χ2v) is 6.70. The highest BCUT2D eigenvalue weighted by Crippen LogP contribution is 2.38. The first kappa shape index (κ1) is 16.9. The van der Waals surface area contributed by atoms with E-state index in [1.165, 1.54) is 13.1 Å². The molecule has 2 aliphatic rings. The SMILES string of the molecule is C[C@@H](C(=O)OCc1ccc(Cl)nc1)N1C(=O)C2CCCCC2C1=O. The van der Waals surface area contributed by atoms with Crippen molar-refractivity contribution in [1.82, 2.24) is 9.88 Å². The summed E-state index contributed by atoms with van der Waals surface area (Å²) in [5.74, 6) is -1.58. The molecular formula is C17H19ClN2O4. The maximum atomic E-state index is 12.5. The van der Waals surface area contributed by atoms with Crippen LogP contribution in [0.2, 0.25) is 5.15 Å². The number of fused-ring (bicyclic) bond motifs is 1. The van der Waals surface area contributed by atoms with Gasteiger partial charge in [0.15, 0.2) is 0 Å². The molecule has 1 aromatic rings. The van der Waals surface area contributed by atoms with Gasteiger partial charge in [-0.05, 0) is 25.8 Å². The Bertz CT molecular complexity index is 637. The number of amides is 2. The van der Waals surface area contributed by atoms with E-state index in [1.807, 2.05) is 0 Å². The summed E-state index contributed by atoms with van der Waals surface area (Å²) in [6.45, 7) is 1.56. The van der Waals surface area contributed by atoms with E-state index in [0.717, 1.165) is 30.6 Å². The molecule has 1 aliphatic carbocycles. The Morgan fingerprint density at radius 1 is 1.29 bits per heavy atom. The molecule has 7 heteroatoms. The lowest BCUT2D eigenvalue weighted by Gasteiger charge is -2.21. The van der Waals surface area contributed by atoms with Gasteiger partial charge in [-0.25, -0.2) is 9.78 Å².